The van der Waals surface area contributed by atoms with E-state index in [0.29, 0.717) is 16.7 Å². The summed E-state index contributed by atoms with van der Waals surface area (Å²) < 4.78 is 28.7. The van der Waals surface area contributed by atoms with Crippen molar-refractivity contribution in [1.29, 1.82) is 0 Å². The van der Waals surface area contributed by atoms with E-state index in [9.17, 15) is 18.4 Å². The normalized spacial score (nSPS) is 11.1. The van der Waals surface area contributed by atoms with Gasteiger partial charge in [-0.05, 0) is 61.9 Å². The second-order valence-electron chi connectivity index (χ2n) is 7.04. The number of nitrogens with zero attached hydrogens (tertiary/aromatic N) is 2. The lowest BCUT2D eigenvalue weighted by atomic mass is 10.2. The van der Waals surface area contributed by atoms with Crippen LogP contribution in [0.2, 0.25) is 0 Å². The highest BCUT2D eigenvalue weighted by Crippen LogP contribution is 2.23. The number of thioether (sulfide) groups is 1. The number of nitrogens with one attached hydrogen (secondary N) is 2. The Morgan fingerprint density at radius 3 is 2.58 bits per heavy atom. The van der Waals surface area contributed by atoms with Crippen molar-refractivity contribution in [2.75, 3.05) is 11.1 Å². The number of rotatable bonds is 5. The third kappa shape index (κ3) is 4.36. The molecule has 6 nitrogen and oxygen atoms in total. The minimum Gasteiger partial charge on any atom is -0.353 e. The van der Waals surface area contributed by atoms with E-state index in [1.54, 1.807) is 26.0 Å². The van der Waals surface area contributed by atoms with Crippen molar-refractivity contribution in [3.8, 4) is 5.69 Å². The second kappa shape index (κ2) is 8.35. The number of halogens is 2. The molecule has 0 unspecified atom stereocenters. The van der Waals surface area contributed by atoms with E-state index in [2.05, 4.69) is 15.3 Å². The van der Waals surface area contributed by atoms with Crippen molar-refractivity contribution in [2.45, 2.75) is 19.0 Å². The topological polar surface area (TPSA) is 79.8 Å². The van der Waals surface area contributed by atoms with Crippen LogP contribution in [-0.4, -0.2) is 26.2 Å². The molecule has 0 fully saturated rings. The first kappa shape index (κ1) is 20.8. The van der Waals surface area contributed by atoms with E-state index in [0.717, 1.165) is 23.0 Å². The van der Waals surface area contributed by atoms with E-state index in [1.165, 1.54) is 41.0 Å². The molecule has 0 radical (unpaired) electrons. The lowest BCUT2D eigenvalue weighted by molar-refractivity contribution is -0.113. The molecule has 4 rings (SSSR count). The zero-order valence-corrected chi connectivity index (χ0v) is 17.5. The molecule has 4 aromatic rings. The molecule has 0 aliphatic heterocycles. The van der Waals surface area contributed by atoms with Gasteiger partial charge in [-0.2, -0.15) is 0 Å². The van der Waals surface area contributed by atoms with Gasteiger partial charge in [-0.1, -0.05) is 17.8 Å². The predicted molar refractivity (Wildman–Crippen MR) is 117 cm³/mol. The van der Waals surface area contributed by atoms with Gasteiger partial charge in [-0.25, -0.2) is 13.8 Å². The van der Waals surface area contributed by atoms with E-state index in [4.69, 9.17) is 0 Å². The van der Waals surface area contributed by atoms with Crippen LogP contribution in [0.5, 0.6) is 0 Å². The van der Waals surface area contributed by atoms with Crippen LogP contribution < -0.4 is 10.9 Å². The van der Waals surface area contributed by atoms with Gasteiger partial charge in [0.1, 0.15) is 17.2 Å². The van der Waals surface area contributed by atoms with Gasteiger partial charge in [0.25, 0.3) is 5.56 Å². The minimum atomic E-state index is -0.524. The van der Waals surface area contributed by atoms with E-state index < -0.39 is 17.5 Å². The molecular weight excluding hydrogens is 422 g/mol. The number of anilines is 1. The second-order valence-corrected chi connectivity index (χ2v) is 7.99. The number of fused-ring (bicyclic) bond motifs is 1. The maximum absolute atomic E-state index is 14.0. The van der Waals surface area contributed by atoms with Crippen LogP contribution >= 0.6 is 11.8 Å². The third-order valence-corrected chi connectivity index (χ3v) is 5.51. The van der Waals surface area contributed by atoms with Gasteiger partial charge >= 0.3 is 0 Å². The van der Waals surface area contributed by atoms with Crippen LogP contribution in [0.4, 0.5) is 14.5 Å². The van der Waals surface area contributed by atoms with Gasteiger partial charge in [-0.3, -0.25) is 14.2 Å². The first-order valence-corrected chi connectivity index (χ1v) is 10.4. The average molecular weight is 440 g/mol. The molecule has 0 spiro atoms. The number of aromatic amines is 1. The first-order valence-electron chi connectivity index (χ1n) is 9.39. The molecule has 0 saturated carbocycles. The molecule has 2 heterocycles. The van der Waals surface area contributed by atoms with Crippen LogP contribution in [0.1, 0.15) is 11.3 Å². The van der Waals surface area contributed by atoms with Crippen LogP contribution in [0.15, 0.2) is 58.5 Å². The van der Waals surface area contributed by atoms with Crippen LogP contribution in [0, 0.1) is 25.5 Å². The molecule has 0 bridgehead atoms. The van der Waals surface area contributed by atoms with Crippen molar-refractivity contribution < 1.29 is 13.6 Å². The highest BCUT2D eigenvalue weighted by molar-refractivity contribution is 7.99. The summed E-state index contributed by atoms with van der Waals surface area (Å²) in [6, 6.07) is 11.7. The van der Waals surface area contributed by atoms with Crippen molar-refractivity contribution in [3.63, 3.8) is 0 Å². The molecule has 0 aliphatic carbocycles. The number of H-pyrrole nitrogens is 1. The van der Waals surface area contributed by atoms with Crippen molar-refractivity contribution in [3.05, 3.63) is 81.8 Å². The number of carbonyl (C=O) groups is 1. The van der Waals surface area contributed by atoms with Gasteiger partial charge in [0.2, 0.25) is 5.91 Å². The predicted octanol–water partition coefficient (Wildman–Crippen LogP) is 4.34. The Hall–Kier alpha value is -3.46. The van der Waals surface area contributed by atoms with Crippen LogP contribution in [0.3, 0.4) is 0 Å². The zero-order valence-electron chi connectivity index (χ0n) is 16.7. The molecule has 31 heavy (non-hydrogen) atoms. The van der Waals surface area contributed by atoms with E-state index >= 15 is 0 Å². The zero-order chi connectivity index (χ0) is 22.1. The maximum atomic E-state index is 14.0. The maximum Gasteiger partial charge on any atom is 0.283 e. The van der Waals surface area contributed by atoms with Crippen molar-refractivity contribution in [1.82, 2.24) is 14.5 Å². The summed E-state index contributed by atoms with van der Waals surface area (Å²) in [5.74, 6) is -1.51. The number of aromatic nitrogens is 3. The Labute approximate surface area is 180 Å². The number of hydrogen-bond acceptors (Lipinski definition) is 4. The summed E-state index contributed by atoms with van der Waals surface area (Å²) in [7, 11) is 0. The van der Waals surface area contributed by atoms with Crippen LogP contribution in [-0.2, 0) is 4.79 Å². The summed E-state index contributed by atoms with van der Waals surface area (Å²) in [6.45, 7) is 3.56. The number of hydrogen-bond donors (Lipinski definition) is 2. The molecular formula is C22H18F2N4O2S. The fourth-order valence-corrected chi connectivity index (χ4v) is 3.94. The molecule has 0 aliphatic rings. The molecule has 0 atom stereocenters. The van der Waals surface area contributed by atoms with Gasteiger partial charge in [0, 0.05) is 5.69 Å². The van der Waals surface area contributed by atoms with Gasteiger partial charge in [0.05, 0.1) is 22.6 Å². The number of benzene rings is 2. The van der Waals surface area contributed by atoms with Crippen LogP contribution in [0.25, 0.3) is 16.7 Å². The molecule has 2 aromatic carbocycles. The fraction of sp³-hybridized carbons (Fsp3) is 0.136. The van der Waals surface area contributed by atoms with Gasteiger partial charge < -0.3 is 10.3 Å². The third-order valence-electron chi connectivity index (χ3n) is 4.57. The highest BCUT2D eigenvalue weighted by Gasteiger charge is 2.17. The SMILES string of the molecule is Cc1ccc(NC(=O)CSc2nc3cc(C)[nH]c3c(=O)n2-c2ccc(F)cc2)c(F)c1. The molecule has 158 valence electrons. The summed E-state index contributed by atoms with van der Waals surface area (Å²) in [6.07, 6.45) is 0. The smallest absolute Gasteiger partial charge is 0.283 e. The molecule has 1 amide bonds. The van der Waals surface area contributed by atoms with Gasteiger partial charge in [0.15, 0.2) is 5.16 Å². The summed E-state index contributed by atoms with van der Waals surface area (Å²) >= 11 is 1.03. The molecule has 2 aromatic heterocycles. The highest BCUT2D eigenvalue weighted by atomic mass is 32.2. The van der Waals surface area contributed by atoms with E-state index in [1.807, 2.05) is 0 Å². The number of aryl methyl sites for hydroxylation is 2. The monoisotopic (exact) mass is 440 g/mol. The Morgan fingerprint density at radius 2 is 1.87 bits per heavy atom. The van der Waals surface area contributed by atoms with Crippen molar-refractivity contribution >= 4 is 34.4 Å². The standard InChI is InChI=1S/C22H18F2N4O2S/c1-12-3-8-17(16(24)9-12)26-19(29)11-31-22-27-18-10-13(2)25-20(18)21(30)28(22)15-6-4-14(23)5-7-15/h3-10,25H,11H2,1-2H3,(H,26,29). The molecule has 2 N–H and O–H groups in total. The Bertz CT molecular complexity index is 1350. The number of amides is 1. The summed E-state index contributed by atoms with van der Waals surface area (Å²) in [5.41, 5.74) is 2.42. The first-order chi connectivity index (χ1) is 14.8. The Morgan fingerprint density at radius 1 is 1.13 bits per heavy atom. The Kier molecular flexibility index (Phi) is 5.60. The molecule has 9 heteroatoms. The minimum absolute atomic E-state index is 0.0804. The lowest BCUT2D eigenvalue weighted by Crippen LogP contribution is -2.23. The average Bonchev–Trinajstić information content (AvgIpc) is 3.10. The largest absolute Gasteiger partial charge is 0.353 e. The summed E-state index contributed by atoms with van der Waals surface area (Å²) in [4.78, 5) is 33.0. The fourth-order valence-electron chi connectivity index (χ4n) is 3.13. The lowest BCUT2D eigenvalue weighted by Gasteiger charge is -2.12. The van der Waals surface area contributed by atoms with Crippen molar-refractivity contribution in [2.24, 2.45) is 0 Å². The summed E-state index contributed by atoms with van der Waals surface area (Å²) in [5, 5.41) is 2.79. The van der Waals surface area contributed by atoms with Gasteiger partial charge in [-0.15, -0.1) is 0 Å². The number of carbonyl (C=O) groups excluding carboxylic acids is 1. The molecule has 0 saturated heterocycles. The Balaban J connectivity index is 1.66. The quantitative estimate of drug-likeness (QED) is 0.357. The van der Waals surface area contributed by atoms with E-state index in [-0.39, 0.29) is 22.2 Å².